The summed E-state index contributed by atoms with van der Waals surface area (Å²) in [6.07, 6.45) is -19.0. The molecule has 0 rings (SSSR count). The van der Waals surface area contributed by atoms with Crippen LogP contribution in [0.25, 0.3) is 0 Å². The zero-order valence-electron chi connectivity index (χ0n) is 13.6. The number of hydrogen-bond donors (Lipinski definition) is 0. The number of rotatable bonds is 0. The van der Waals surface area contributed by atoms with Gasteiger partial charge in [0.25, 0.3) is 36.9 Å². The Morgan fingerprint density at radius 2 is 0.419 bits per heavy atom. The van der Waals surface area contributed by atoms with Gasteiger partial charge < -0.3 is 87.8 Å². The molecule has 0 unspecified atom stereocenters. The van der Waals surface area contributed by atoms with Gasteiger partial charge >= 0.3 is 49.6 Å². The van der Waals surface area contributed by atoms with Gasteiger partial charge in [0.15, 0.2) is 0 Å². The minimum absolute atomic E-state index is 0. The van der Waals surface area contributed by atoms with E-state index in [1.54, 1.807) is 0 Å². The summed E-state index contributed by atoms with van der Waals surface area (Å²) in [6.45, 7) is 0. The summed E-state index contributed by atoms with van der Waals surface area (Å²) in [5.74, 6) is 0. The Hall–Kier alpha value is -4.32. The van der Waals surface area contributed by atoms with Gasteiger partial charge in [0.2, 0.25) is 0 Å². The third-order valence-corrected chi connectivity index (χ3v) is 1.000. The molecule has 0 spiro atoms. The van der Waals surface area contributed by atoms with Gasteiger partial charge in [-0.3, -0.25) is 0 Å². The van der Waals surface area contributed by atoms with Gasteiger partial charge in [-0.05, 0) is 0 Å². The summed E-state index contributed by atoms with van der Waals surface area (Å²) in [4.78, 5) is 85.4. The second-order valence-corrected chi connectivity index (χ2v) is 2.86. The van der Waals surface area contributed by atoms with E-state index in [1.165, 1.54) is 0 Å². The van der Waals surface area contributed by atoms with Gasteiger partial charge in [0, 0.05) is 0 Å². The van der Waals surface area contributed by atoms with Crippen molar-refractivity contribution in [3.8, 4) is 0 Å². The molecule has 0 aromatic rings. The van der Waals surface area contributed by atoms with E-state index < -0.39 is 55.4 Å². The Kier molecular flexibility index (Phi) is 21.0. The molecule has 0 aromatic carbocycles. The summed E-state index contributed by atoms with van der Waals surface area (Å²) in [5.41, 5.74) is 0. The molecule has 21 nitrogen and oxygen atoms in total. The summed E-state index contributed by atoms with van der Waals surface area (Å²) >= 11 is 0. The van der Waals surface area contributed by atoms with Crippen LogP contribution < -0.4 is 30.6 Å². The topological polar surface area (TPSA) is 347 Å². The van der Waals surface area contributed by atoms with Crippen LogP contribution in [0.3, 0.4) is 0 Å². The molecule has 0 aliphatic carbocycles. The summed E-state index contributed by atoms with van der Waals surface area (Å²) in [5, 5.41) is 56.1. The maximum atomic E-state index is 9.78. The molecule has 0 atom stereocenters. The maximum absolute atomic E-state index is 9.78. The smallest absolute Gasteiger partial charge is 0.467 e. The monoisotopic (exact) mass is 682 g/mol. The van der Waals surface area contributed by atoms with Crippen LogP contribution in [0, 0.1) is 31.1 Å². The second-order valence-electron chi connectivity index (χ2n) is 2.86. The molecule has 22 heteroatoms. The SMILES string of the molecule is O=C([O-])OC(=O)OC(=O)[O-].O=C([O-])OC(=O)OC(=O)[O-].O=C([O-])OC(=O)OC(=O)[O-].[U+6]. The van der Waals surface area contributed by atoms with Gasteiger partial charge in [-0.25, -0.2) is 14.4 Å². The van der Waals surface area contributed by atoms with E-state index in [0.29, 0.717) is 0 Å². The number of carbonyl (C=O) groups excluding carboxylic acids is 9. The molecular weight excluding hydrogens is 682 g/mol. The molecule has 0 saturated heterocycles. The Morgan fingerprint density at radius 3 is 0.484 bits per heavy atom. The van der Waals surface area contributed by atoms with Crippen LogP contribution in [0.15, 0.2) is 0 Å². The normalized spacial score (nSPS) is 7.74. The van der Waals surface area contributed by atoms with Crippen LogP contribution in [-0.2, 0) is 28.4 Å². The first-order chi connectivity index (χ1) is 13.6. The fourth-order valence-electron chi connectivity index (χ4n) is 0.471. The van der Waals surface area contributed by atoms with Crippen LogP contribution in [0.5, 0.6) is 0 Å². The van der Waals surface area contributed by atoms with Crippen molar-refractivity contribution in [2.45, 2.75) is 0 Å². The minimum Gasteiger partial charge on any atom is -0.467 e. The van der Waals surface area contributed by atoms with Crippen LogP contribution in [0.1, 0.15) is 0 Å². The summed E-state index contributed by atoms with van der Waals surface area (Å²) < 4.78 is 18.5. The number of ether oxygens (including phenoxy) is 6. The van der Waals surface area contributed by atoms with E-state index in [-0.39, 0.29) is 31.1 Å². The molecule has 166 valence electrons. The molecule has 0 aromatic heterocycles. The number of carboxylic acid groups (broad SMARTS) is 6. The van der Waals surface area contributed by atoms with E-state index >= 15 is 0 Å². The molecule has 0 amide bonds. The van der Waals surface area contributed by atoms with E-state index in [1.807, 2.05) is 0 Å². The Balaban J connectivity index is -0.000000174. The van der Waals surface area contributed by atoms with Crippen molar-refractivity contribution < 1.29 is 133 Å². The van der Waals surface area contributed by atoms with Crippen LogP contribution in [0.2, 0.25) is 0 Å². The molecule has 0 N–H and O–H groups in total. The van der Waals surface area contributed by atoms with E-state index in [4.69, 9.17) is 0 Å². The van der Waals surface area contributed by atoms with Crippen molar-refractivity contribution in [3.05, 3.63) is 0 Å². The summed E-state index contributed by atoms with van der Waals surface area (Å²) in [6, 6.07) is 0. The number of carbonyl (C=O) groups is 9. The average molecular weight is 682 g/mol. The van der Waals surface area contributed by atoms with Crippen molar-refractivity contribution in [1.82, 2.24) is 0 Å². The molecule has 0 fully saturated rings. The minimum atomic E-state index is -2.20. The van der Waals surface area contributed by atoms with Gasteiger partial charge in [0.1, 0.15) is 0 Å². The van der Waals surface area contributed by atoms with Crippen molar-refractivity contribution in [3.63, 3.8) is 0 Å². The molecule has 0 radical (unpaired) electrons. The standard InChI is InChI=1S/3C3H2O7.U/c3*4-1(5)9-3(8)10-2(6)7;/h3*(H,4,5)(H,6,7);/q;;;+6/p-6. The van der Waals surface area contributed by atoms with Crippen molar-refractivity contribution in [2.24, 2.45) is 0 Å². The van der Waals surface area contributed by atoms with Crippen molar-refractivity contribution in [1.29, 1.82) is 0 Å². The molecule has 31 heavy (non-hydrogen) atoms. The molecule has 0 saturated carbocycles. The quantitative estimate of drug-likeness (QED) is 0.130. The van der Waals surface area contributed by atoms with Gasteiger partial charge in [-0.1, -0.05) is 0 Å². The van der Waals surface area contributed by atoms with E-state index in [9.17, 15) is 73.8 Å². The van der Waals surface area contributed by atoms with Crippen molar-refractivity contribution in [2.75, 3.05) is 0 Å². The molecule has 0 aliphatic rings. The maximum Gasteiger partial charge on any atom is 6.00 e. The average Bonchev–Trinajstić information content (AvgIpc) is 2.42. The Labute approximate surface area is 188 Å². The summed E-state index contributed by atoms with van der Waals surface area (Å²) in [7, 11) is 0. The molecule has 0 bridgehead atoms. The second kappa shape index (κ2) is 19.0. The fraction of sp³-hybridized carbons (Fsp3) is 0. The third-order valence-electron chi connectivity index (χ3n) is 1.000. The predicted molar refractivity (Wildman–Crippen MR) is 55.1 cm³/mol. The predicted octanol–water partition coefficient (Wildman–Crippen LogP) is -6.52. The Bertz CT molecular complexity index is 557. The molecule has 0 heterocycles. The van der Waals surface area contributed by atoms with E-state index in [2.05, 4.69) is 28.4 Å². The fourth-order valence-corrected chi connectivity index (χ4v) is 0.471. The zero-order chi connectivity index (χ0) is 24.4. The van der Waals surface area contributed by atoms with E-state index in [0.717, 1.165) is 0 Å². The molecular formula is C9O21U. The third kappa shape index (κ3) is 37.2. The first kappa shape index (κ1) is 34.2. The van der Waals surface area contributed by atoms with Gasteiger partial charge in [-0.2, -0.15) is 0 Å². The van der Waals surface area contributed by atoms with Crippen molar-refractivity contribution >= 4 is 55.4 Å². The van der Waals surface area contributed by atoms with Gasteiger partial charge in [0.05, 0.1) is 0 Å². The first-order valence-corrected chi connectivity index (χ1v) is 5.51. The zero-order valence-corrected chi connectivity index (χ0v) is 17.7. The van der Waals surface area contributed by atoms with Crippen LogP contribution in [0.4, 0.5) is 43.2 Å². The number of hydrogen-bond acceptors (Lipinski definition) is 21. The first-order valence-electron chi connectivity index (χ1n) is 5.51. The largest absolute Gasteiger partial charge is 6.00 e. The van der Waals surface area contributed by atoms with Crippen LogP contribution in [-0.4, -0.2) is 55.4 Å². The molecule has 0 aliphatic heterocycles. The van der Waals surface area contributed by atoms with Gasteiger partial charge in [-0.15, -0.1) is 0 Å². The Morgan fingerprint density at radius 1 is 0.323 bits per heavy atom. The van der Waals surface area contributed by atoms with Crippen LogP contribution >= 0.6 is 0 Å².